The van der Waals surface area contributed by atoms with E-state index in [1.807, 2.05) is 26.0 Å². The number of nitrogens with zero attached hydrogens (tertiary/aromatic N) is 1. The number of sulfonamides is 1. The van der Waals surface area contributed by atoms with Crippen LogP contribution in [0.1, 0.15) is 38.2 Å². The lowest BCUT2D eigenvalue weighted by Crippen LogP contribution is -2.40. The molecule has 1 aliphatic rings. The van der Waals surface area contributed by atoms with Crippen molar-refractivity contribution >= 4 is 32.5 Å². The summed E-state index contributed by atoms with van der Waals surface area (Å²) in [7, 11) is -3.21. The predicted octanol–water partition coefficient (Wildman–Crippen LogP) is 2.26. The smallest absolute Gasteiger partial charge is 0.248 e. The summed E-state index contributed by atoms with van der Waals surface area (Å²) in [6.45, 7) is 4.79. The Bertz CT molecular complexity index is 1020. The average molecular weight is 391 g/mol. The number of aromatic nitrogens is 1. The molecule has 1 saturated heterocycles. The summed E-state index contributed by atoms with van der Waals surface area (Å²) < 4.78 is 24.6. The van der Waals surface area contributed by atoms with E-state index in [0.29, 0.717) is 37.1 Å². The highest BCUT2D eigenvalue weighted by Gasteiger charge is 2.29. The van der Waals surface area contributed by atoms with Gasteiger partial charge in [0, 0.05) is 36.1 Å². The molecule has 2 aromatic rings. The monoisotopic (exact) mass is 391 g/mol. The maximum Gasteiger partial charge on any atom is 0.248 e. The molecule has 1 amide bonds. The number of pyridine rings is 1. The SMILES string of the molecule is CC(C)c1cc(=O)[nH]c2cc(NC(=O)C3CCN(S(C)(=O)=O)CC3)ccc12. The van der Waals surface area contributed by atoms with Crippen LogP contribution in [0.25, 0.3) is 10.9 Å². The molecule has 3 rings (SSSR count). The Hall–Kier alpha value is -2.19. The fraction of sp³-hybridized carbons (Fsp3) is 0.474. The van der Waals surface area contributed by atoms with Crippen molar-refractivity contribution < 1.29 is 13.2 Å². The lowest BCUT2D eigenvalue weighted by molar-refractivity contribution is -0.120. The van der Waals surface area contributed by atoms with Gasteiger partial charge in [-0.25, -0.2) is 12.7 Å². The number of benzene rings is 1. The number of amides is 1. The van der Waals surface area contributed by atoms with Gasteiger partial charge in [-0.15, -0.1) is 0 Å². The van der Waals surface area contributed by atoms with Crippen molar-refractivity contribution in [3.8, 4) is 0 Å². The quantitative estimate of drug-likeness (QED) is 0.835. The molecule has 1 aromatic heterocycles. The number of aromatic amines is 1. The molecule has 2 N–H and O–H groups in total. The number of carbonyl (C=O) groups excluding carboxylic acids is 1. The minimum Gasteiger partial charge on any atom is -0.326 e. The molecular formula is C19H25N3O4S. The van der Waals surface area contributed by atoms with Crippen molar-refractivity contribution in [1.29, 1.82) is 0 Å². The summed E-state index contributed by atoms with van der Waals surface area (Å²) in [4.78, 5) is 27.3. The van der Waals surface area contributed by atoms with Crippen LogP contribution in [-0.4, -0.2) is 43.0 Å². The third-order valence-corrected chi connectivity index (χ3v) is 6.36. The van der Waals surface area contributed by atoms with Gasteiger partial charge in [-0.3, -0.25) is 9.59 Å². The first-order valence-electron chi connectivity index (χ1n) is 9.08. The van der Waals surface area contributed by atoms with E-state index < -0.39 is 10.0 Å². The summed E-state index contributed by atoms with van der Waals surface area (Å²) in [6, 6.07) is 7.12. The van der Waals surface area contributed by atoms with E-state index in [4.69, 9.17) is 0 Å². The molecule has 0 radical (unpaired) electrons. The Labute approximate surface area is 158 Å². The first-order chi connectivity index (χ1) is 12.6. The summed E-state index contributed by atoms with van der Waals surface area (Å²) in [5, 5.41) is 3.86. The van der Waals surface area contributed by atoms with Crippen LogP contribution in [0, 0.1) is 5.92 Å². The highest BCUT2D eigenvalue weighted by atomic mass is 32.2. The van der Waals surface area contributed by atoms with Gasteiger partial charge < -0.3 is 10.3 Å². The number of rotatable bonds is 4. The van der Waals surface area contributed by atoms with E-state index >= 15 is 0 Å². The Morgan fingerprint density at radius 2 is 1.89 bits per heavy atom. The topological polar surface area (TPSA) is 99.3 Å². The third-order valence-electron chi connectivity index (χ3n) is 5.06. The van der Waals surface area contributed by atoms with Crippen molar-refractivity contribution in [1.82, 2.24) is 9.29 Å². The van der Waals surface area contributed by atoms with Crippen molar-refractivity contribution in [2.24, 2.45) is 5.92 Å². The van der Waals surface area contributed by atoms with Crippen LogP contribution in [0.15, 0.2) is 29.1 Å². The van der Waals surface area contributed by atoms with E-state index in [1.165, 1.54) is 10.6 Å². The molecule has 0 unspecified atom stereocenters. The van der Waals surface area contributed by atoms with E-state index in [9.17, 15) is 18.0 Å². The van der Waals surface area contributed by atoms with E-state index in [1.54, 1.807) is 12.1 Å². The van der Waals surface area contributed by atoms with Crippen LogP contribution in [0.4, 0.5) is 5.69 Å². The highest BCUT2D eigenvalue weighted by Crippen LogP contribution is 2.26. The Morgan fingerprint density at radius 3 is 2.48 bits per heavy atom. The highest BCUT2D eigenvalue weighted by molar-refractivity contribution is 7.88. The number of anilines is 1. The zero-order chi connectivity index (χ0) is 19.8. The van der Waals surface area contributed by atoms with Gasteiger partial charge in [0.15, 0.2) is 0 Å². The molecule has 27 heavy (non-hydrogen) atoms. The number of fused-ring (bicyclic) bond motifs is 1. The number of carbonyl (C=O) groups is 1. The minimum absolute atomic E-state index is 0.120. The normalized spacial score (nSPS) is 16.7. The molecule has 7 nitrogen and oxygen atoms in total. The van der Waals surface area contributed by atoms with Gasteiger partial charge in [0.2, 0.25) is 21.5 Å². The Balaban J connectivity index is 1.75. The molecule has 1 aliphatic heterocycles. The van der Waals surface area contributed by atoms with E-state index in [-0.39, 0.29) is 23.3 Å². The van der Waals surface area contributed by atoms with Gasteiger partial charge in [-0.05, 0) is 36.5 Å². The summed E-state index contributed by atoms with van der Waals surface area (Å²) >= 11 is 0. The van der Waals surface area contributed by atoms with Crippen molar-refractivity contribution in [2.45, 2.75) is 32.6 Å². The summed E-state index contributed by atoms with van der Waals surface area (Å²) in [5.74, 6) is -0.125. The zero-order valence-electron chi connectivity index (χ0n) is 15.8. The van der Waals surface area contributed by atoms with E-state index in [2.05, 4.69) is 10.3 Å². The summed E-state index contributed by atoms with van der Waals surface area (Å²) in [5.41, 5.74) is 2.12. The maximum absolute atomic E-state index is 12.6. The second-order valence-electron chi connectivity index (χ2n) is 7.43. The molecule has 0 saturated carbocycles. The van der Waals surface area contributed by atoms with Gasteiger partial charge in [0.25, 0.3) is 0 Å². The van der Waals surface area contributed by atoms with Crippen LogP contribution in [0.2, 0.25) is 0 Å². The number of H-pyrrole nitrogens is 1. The lowest BCUT2D eigenvalue weighted by atomic mass is 9.96. The van der Waals surface area contributed by atoms with Gasteiger partial charge in [0.05, 0.1) is 11.8 Å². The van der Waals surface area contributed by atoms with Crippen LogP contribution < -0.4 is 10.9 Å². The molecule has 0 aliphatic carbocycles. The van der Waals surface area contributed by atoms with Crippen LogP contribution >= 0.6 is 0 Å². The molecule has 0 atom stereocenters. The number of hydrogen-bond acceptors (Lipinski definition) is 4. The van der Waals surface area contributed by atoms with Gasteiger partial charge in [-0.1, -0.05) is 19.9 Å². The van der Waals surface area contributed by atoms with Gasteiger partial charge in [-0.2, -0.15) is 0 Å². The largest absolute Gasteiger partial charge is 0.326 e. The average Bonchev–Trinajstić information content (AvgIpc) is 2.60. The number of hydrogen-bond donors (Lipinski definition) is 2. The molecule has 2 heterocycles. The Kier molecular flexibility index (Phi) is 5.39. The molecule has 1 fully saturated rings. The van der Waals surface area contributed by atoms with Crippen molar-refractivity contribution in [2.75, 3.05) is 24.7 Å². The van der Waals surface area contributed by atoms with Crippen molar-refractivity contribution in [3.63, 3.8) is 0 Å². The fourth-order valence-electron chi connectivity index (χ4n) is 3.54. The molecule has 0 spiro atoms. The van der Waals surface area contributed by atoms with Crippen LogP contribution in [0.3, 0.4) is 0 Å². The summed E-state index contributed by atoms with van der Waals surface area (Å²) in [6.07, 6.45) is 2.19. The van der Waals surface area contributed by atoms with E-state index in [0.717, 1.165) is 10.9 Å². The van der Waals surface area contributed by atoms with Gasteiger partial charge in [0.1, 0.15) is 0 Å². The first kappa shape index (κ1) is 19.6. The standard InChI is InChI=1S/C19H25N3O4S/c1-12(2)16-11-18(23)21-17-10-14(4-5-15(16)17)20-19(24)13-6-8-22(9-7-13)27(3,25)26/h4-5,10-13H,6-9H2,1-3H3,(H,20,24)(H,21,23). The lowest BCUT2D eigenvalue weighted by Gasteiger charge is -2.29. The zero-order valence-corrected chi connectivity index (χ0v) is 16.6. The minimum atomic E-state index is -3.21. The molecule has 1 aromatic carbocycles. The van der Waals surface area contributed by atoms with Crippen LogP contribution in [-0.2, 0) is 14.8 Å². The van der Waals surface area contributed by atoms with Crippen LogP contribution in [0.5, 0.6) is 0 Å². The molecule has 146 valence electrons. The fourth-order valence-corrected chi connectivity index (χ4v) is 4.41. The maximum atomic E-state index is 12.6. The molecular weight excluding hydrogens is 366 g/mol. The van der Waals surface area contributed by atoms with Gasteiger partial charge >= 0.3 is 0 Å². The second kappa shape index (κ2) is 7.44. The van der Waals surface area contributed by atoms with Crippen molar-refractivity contribution in [3.05, 3.63) is 40.2 Å². The Morgan fingerprint density at radius 1 is 1.22 bits per heavy atom. The number of nitrogens with one attached hydrogen (secondary N) is 2. The third kappa shape index (κ3) is 4.39. The number of piperidine rings is 1. The molecule has 0 bridgehead atoms. The second-order valence-corrected chi connectivity index (χ2v) is 9.41. The predicted molar refractivity (Wildman–Crippen MR) is 106 cm³/mol. The molecule has 8 heteroatoms. The first-order valence-corrected chi connectivity index (χ1v) is 10.9.